The number of carbonyl (C=O) groups excluding carboxylic acids is 1. The van der Waals surface area contributed by atoms with Gasteiger partial charge in [-0.3, -0.25) is 4.79 Å². The zero-order valence-corrected chi connectivity index (χ0v) is 9.46. The maximum atomic E-state index is 11.5. The van der Waals surface area contributed by atoms with E-state index in [0.717, 1.165) is 5.01 Å². The number of thiazole rings is 1. The Morgan fingerprint density at radius 3 is 3.13 bits per heavy atom. The van der Waals surface area contributed by atoms with Crippen LogP contribution in [0.1, 0.15) is 24.4 Å². The molecule has 0 aliphatic heterocycles. The quantitative estimate of drug-likeness (QED) is 0.740. The van der Waals surface area contributed by atoms with Crippen molar-refractivity contribution in [2.75, 3.05) is 0 Å². The number of carbonyl (C=O) groups is 1. The molecule has 0 saturated heterocycles. The van der Waals surface area contributed by atoms with Gasteiger partial charge in [0.2, 0.25) is 5.91 Å². The van der Waals surface area contributed by atoms with Gasteiger partial charge >= 0.3 is 0 Å². The fourth-order valence-corrected chi connectivity index (χ4v) is 1.76. The highest BCUT2D eigenvalue weighted by molar-refractivity contribution is 7.09. The molecule has 1 aromatic rings. The zero-order chi connectivity index (χ0) is 11.3. The Bertz CT molecular complexity index is 323. The van der Waals surface area contributed by atoms with E-state index in [9.17, 15) is 4.79 Å². The molecule has 0 aliphatic carbocycles. The fourth-order valence-electron chi connectivity index (χ4n) is 1.12. The van der Waals surface area contributed by atoms with Gasteiger partial charge in [0.1, 0.15) is 5.01 Å². The summed E-state index contributed by atoms with van der Waals surface area (Å²) < 4.78 is 0. The number of rotatable bonds is 5. The topological polar surface area (TPSA) is 68.0 Å². The summed E-state index contributed by atoms with van der Waals surface area (Å²) in [6.45, 7) is 5.43. The number of hydrogen-bond acceptors (Lipinski definition) is 4. The Balaban J connectivity index is 2.48. The van der Waals surface area contributed by atoms with Gasteiger partial charge in [-0.2, -0.15) is 0 Å². The van der Waals surface area contributed by atoms with Gasteiger partial charge in [-0.15, -0.1) is 17.9 Å². The molecular formula is C10H15N3OS. The number of hydrogen-bond donors (Lipinski definition) is 2. The predicted octanol–water partition coefficient (Wildman–Crippen LogP) is 1.22. The van der Waals surface area contributed by atoms with Gasteiger partial charge in [0.25, 0.3) is 0 Å². The summed E-state index contributed by atoms with van der Waals surface area (Å²) in [4.78, 5) is 15.6. The third kappa shape index (κ3) is 3.45. The van der Waals surface area contributed by atoms with Crippen molar-refractivity contribution in [3.63, 3.8) is 0 Å². The number of nitrogens with two attached hydrogens (primary N) is 1. The molecule has 1 aromatic heterocycles. The van der Waals surface area contributed by atoms with Crippen LogP contribution in [-0.4, -0.2) is 16.9 Å². The van der Waals surface area contributed by atoms with Gasteiger partial charge in [0, 0.05) is 11.6 Å². The summed E-state index contributed by atoms with van der Waals surface area (Å²) in [6, 6.07) is -0.613. The van der Waals surface area contributed by atoms with Crippen LogP contribution in [0.15, 0.2) is 24.2 Å². The lowest BCUT2D eigenvalue weighted by atomic mass is 10.2. The van der Waals surface area contributed by atoms with E-state index in [1.807, 2.05) is 12.3 Å². The lowest BCUT2D eigenvalue weighted by Gasteiger charge is -2.14. The highest BCUT2D eigenvalue weighted by Crippen LogP contribution is 2.14. The molecule has 0 aliphatic rings. The lowest BCUT2D eigenvalue weighted by Crippen LogP contribution is -2.41. The van der Waals surface area contributed by atoms with Crippen molar-refractivity contribution in [2.24, 2.45) is 5.73 Å². The second-order valence-corrected chi connectivity index (χ2v) is 4.16. The smallest absolute Gasteiger partial charge is 0.237 e. The van der Waals surface area contributed by atoms with Crippen LogP contribution in [0.25, 0.3) is 0 Å². The molecule has 0 aromatic carbocycles. The minimum atomic E-state index is -0.523. The first-order valence-electron chi connectivity index (χ1n) is 4.71. The number of nitrogens with zero attached hydrogens (tertiary/aromatic N) is 1. The molecular weight excluding hydrogens is 210 g/mol. The van der Waals surface area contributed by atoms with Gasteiger partial charge in [-0.05, 0) is 13.3 Å². The third-order valence-corrected chi connectivity index (χ3v) is 2.90. The van der Waals surface area contributed by atoms with E-state index in [-0.39, 0.29) is 11.9 Å². The standard InChI is InChI=1S/C10H15N3OS/c1-3-4-8(11)9(14)13-7(2)10-12-5-6-15-10/h3,5-8H,1,4,11H2,2H3,(H,13,14). The fraction of sp³-hybridized carbons (Fsp3) is 0.400. The molecule has 1 amide bonds. The maximum Gasteiger partial charge on any atom is 0.237 e. The van der Waals surface area contributed by atoms with Crippen molar-refractivity contribution >= 4 is 17.2 Å². The van der Waals surface area contributed by atoms with Gasteiger partial charge in [-0.1, -0.05) is 6.08 Å². The first kappa shape index (κ1) is 11.9. The third-order valence-electron chi connectivity index (χ3n) is 1.94. The van der Waals surface area contributed by atoms with Crippen molar-refractivity contribution < 1.29 is 4.79 Å². The van der Waals surface area contributed by atoms with Crippen LogP contribution in [0.4, 0.5) is 0 Å². The van der Waals surface area contributed by atoms with Gasteiger partial charge in [-0.25, -0.2) is 4.98 Å². The van der Waals surface area contributed by atoms with Crippen molar-refractivity contribution in [2.45, 2.75) is 25.4 Å². The summed E-state index contributed by atoms with van der Waals surface area (Å²) in [5.41, 5.74) is 5.63. The lowest BCUT2D eigenvalue weighted by molar-refractivity contribution is -0.122. The summed E-state index contributed by atoms with van der Waals surface area (Å²) in [7, 11) is 0. The van der Waals surface area contributed by atoms with Crippen molar-refractivity contribution in [3.8, 4) is 0 Å². The van der Waals surface area contributed by atoms with Gasteiger partial charge in [0.05, 0.1) is 12.1 Å². The Morgan fingerprint density at radius 1 is 1.87 bits per heavy atom. The van der Waals surface area contributed by atoms with E-state index in [1.165, 1.54) is 11.3 Å². The summed E-state index contributed by atoms with van der Waals surface area (Å²) in [5.74, 6) is -0.169. The van der Waals surface area contributed by atoms with Crippen LogP contribution < -0.4 is 11.1 Å². The van der Waals surface area contributed by atoms with Crippen LogP contribution >= 0.6 is 11.3 Å². The van der Waals surface area contributed by atoms with E-state index in [1.54, 1.807) is 12.3 Å². The van der Waals surface area contributed by atoms with E-state index in [4.69, 9.17) is 5.73 Å². The molecule has 1 heterocycles. The van der Waals surface area contributed by atoms with Crippen molar-refractivity contribution in [1.82, 2.24) is 10.3 Å². The summed E-state index contributed by atoms with van der Waals surface area (Å²) in [6.07, 6.45) is 3.83. The minimum absolute atomic E-state index is 0.0895. The molecule has 1 rings (SSSR count). The Labute approximate surface area is 93.2 Å². The molecule has 0 radical (unpaired) electrons. The highest BCUT2D eigenvalue weighted by atomic mass is 32.1. The molecule has 0 spiro atoms. The number of amides is 1. The molecule has 2 unspecified atom stereocenters. The molecule has 82 valence electrons. The van der Waals surface area contributed by atoms with Gasteiger partial charge in [0.15, 0.2) is 0 Å². The van der Waals surface area contributed by atoms with Crippen molar-refractivity contribution in [3.05, 3.63) is 29.2 Å². The van der Waals surface area contributed by atoms with E-state index < -0.39 is 6.04 Å². The summed E-state index contributed by atoms with van der Waals surface area (Å²) >= 11 is 1.51. The molecule has 2 atom stereocenters. The molecule has 3 N–H and O–H groups in total. The highest BCUT2D eigenvalue weighted by Gasteiger charge is 2.16. The van der Waals surface area contributed by atoms with E-state index >= 15 is 0 Å². The zero-order valence-electron chi connectivity index (χ0n) is 8.64. The van der Waals surface area contributed by atoms with E-state index in [2.05, 4.69) is 16.9 Å². The molecule has 4 nitrogen and oxygen atoms in total. The molecule has 15 heavy (non-hydrogen) atoms. The maximum absolute atomic E-state index is 11.5. The SMILES string of the molecule is C=CCC(N)C(=O)NC(C)c1nccs1. The van der Waals surface area contributed by atoms with Crippen LogP contribution in [0, 0.1) is 0 Å². The first-order chi connectivity index (χ1) is 7.15. The van der Waals surface area contributed by atoms with Gasteiger partial charge < -0.3 is 11.1 Å². The number of aromatic nitrogens is 1. The van der Waals surface area contributed by atoms with Crippen molar-refractivity contribution in [1.29, 1.82) is 0 Å². The average molecular weight is 225 g/mol. The minimum Gasteiger partial charge on any atom is -0.346 e. The average Bonchev–Trinajstić information content (AvgIpc) is 2.70. The predicted molar refractivity (Wildman–Crippen MR) is 61.5 cm³/mol. The van der Waals surface area contributed by atoms with Crippen LogP contribution in [0.2, 0.25) is 0 Å². The van der Waals surface area contributed by atoms with Crippen LogP contribution in [0.3, 0.4) is 0 Å². The normalized spacial score (nSPS) is 14.3. The van der Waals surface area contributed by atoms with E-state index in [0.29, 0.717) is 6.42 Å². The molecule has 0 bridgehead atoms. The monoisotopic (exact) mass is 225 g/mol. The number of nitrogens with one attached hydrogen (secondary N) is 1. The molecule has 0 saturated carbocycles. The molecule has 0 fully saturated rings. The van der Waals surface area contributed by atoms with Crippen LogP contribution in [-0.2, 0) is 4.79 Å². The second kappa shape index (κ2) is 5.63. The first-order valence-corrected chi connectivity index (χ1v) is 5.59. The van der Waals surface area contributed by atoms with Crippen LogP contribution in [0.5, 0.6) is 0 Å². The molecule has 5 heteroatoms. The summed E-state index contributed by atoms with van der Waals surface area (Å²) in [5, 5.41) is 5.56. The Hall–Kier alpha value is -1.20. The Morgan fingerprint density at radius 2 is 2.60 bits per heavy atom. The second-order valence-electron chi connectivity index (χ2n) is 3.23. The largest absolute Gasteiger partial charge is 0.346 e. The Kier molecular flexibility index (Phi) is 4.45.